The summed E-state index contributed by atoms with van der Waals surface area (Å²) in [5.74, 6) is 0. The van der Waals surface area contributed by atoms with Crippen molar-refractivity contribution in [3.05, 3.63) is 0 Å². The minimum Gasteiger partial charge on any atom is -0.392 e. The Morgan fingerprint density at radius 2 is 0.586 bits per heavy atom. The summed E-state index contributed by atoms with van der Waals surface area (Å²) in [6.07, 6.45) is -1.54. The molecular weight excluding hydrogens is 512 g/mol. The maximum Gasteiger partial charge on any atom is 3.00 e. The Morgan fingerprint density at radius 3 is 0.690 bits per heavy atom. The normalized spacial score (nSPS) is 24.0. The second-order valence-electron chi connectivity index (χ2n) is 8.60. The maximum absolute atomic E-state index is 9.86. The summed E-state index contributed by atoms with van der Waals surface area (Å²) < 4.78 is 0. The molecule has 1 aliphatic rings. The van der Waals surface area contributed by atoms with Gasteiger partial charge >= 0.3 is 49.4 Å². The predicted molar refractivity (Wildman–Crippen MR) is 112 cm³/mol. The van der Waals surface area contributed by atoms with E-state index in [4.69, 9.17) is 0 Å². The molecule has 0 aromatic rings. The van der Waals surface area contributed by atoms with Crippen LogP contribution in [0.3, 0.4) is 0 Å². The topological polar surface area (TPSA) is 93.9 Å². The molecule has 172 valence electrons. The molecule has 4 atom stereocenters. The third-order valence-electron chi connectivity index (χ3n) is 5.02. The third-order valence-corrected chi connectivity index (χ3v) is 5.02. The van der Waals surface area contributed by atoms with Crippen molar-refractivity contribution in [3.63, 3.8) is 0 Å². The summed E-state index contributed by atoms with van der Waals surface area (Å²) >= 11 is 0. The zero-order chi connectivity index (χ0) is 21.1. The van der Waals surface area contributed by atoms with E-state index in [1.165, 1.54) is 0 Å². The van der Waals surface area contributed by atoms with Gasteiger partial charge in [0.1, 0.15) is 0 Å². The molecule has 0 radical (unpaired) electrons. The fourth-order valence-corrected chi connectivity index (χ4v) is 3.80. The van der Waals surface area contributed by atoms with Crippen LogP contribution in [0.5, 0.6) is 0 Å². The Kier molecular flexibility index (Phi) is 17.6. The smallest absolute Gasteiger partial charge is 0.392 e. The van der Waals surface area contributed by atoms with Crippen molar-refractivity contribution in [3.8, 4) is 0 Å². The Morgan fingerprint density at radius 1 is 0.448 bits per heavy atom. The van der Waals surface area contributed by atoms with Crippen LogP contribution in [-0.2, 0) is 0 Å². The van der Waals surface area contributed by atoms with E-state index in [0.29, 0.717) is 26.2 Å². The zero-order valence-corrected chi connectivity index (χ0v) is 21.2. The van der Waals surface area contributed by atoms with E-state index in [0.717, 1.165) is 52.4 Å². The van der Waals surface area contributed by atoms with Gasteiger partial charge in [-0.2, -0.15) is 0 Å². The standard InChI is InChI=1S/C20H44N4O4.Eu/c1-17(25)13-21-5-7-22(14-18(2)26)9-11-24(16-20(4)28)12-10-23(8-6-21)15-19(3)27;/h17-20,25-28H,5-16H2,1-4H3;/q;+3/t17-,18-,19-,20+;/m0./s1. The van der Waals surface area contributed by atoms with Gasteiger partial charge in [-0.1, -0.05) is 0 Å². The van der Waals surface area contributed by atoms with E-state index in [9.17, 15) is 20.4 Å². The molecule has 9 heteroatoms. The molecule has 0 aromatic carbocycles. The Bertz CT molecular complexity index is 315. The van der Waals surface area contributed by atoms with Crippen molar-refractivity contribution in [2.45, 2.75) is 52.1 Å². The monoisotopic (exact) mass is 557 g/mol. The average Bonchev–Trinajstić information content (AvgIpc) is 2.55. The molecule has 0 saturated carbocycles. The van der Waals surface area contributed by atoms with Crippen molar-refractivity contribution in [2.24, 2.45) is 0 Å². The van der Waals surface area contributed by atoms with E-state index < -0.39 is 0 Å². The molecule has 0 unspecified atom stereocenters. The molecule has 1 aliphatic heterocycles. The van der Waals surface area contributed by atoms with Crippen LogP contribution in [0.1, 0.15) is 27.7 Å². The fourth-order valence-electron chi connectivity index (χ4n) is 3.80. The molecule has 0 spiro atoms. The average molecular weight is 557 g/mol. The molecule has 1 rings (SSSR count). The molecule has 4 N–H and O–H groups in total. The van der Waals surface area contributed by atoms with Crippen molar-refractivity contribution in [2.75, 3.05) is 78.5 Å². The minimum absolute atomic E-state index is 0. The van der Waals surface area contributed by atoms with Crippen LogP contribution in [0.4, 0.5) is 0 Å². The van der Waals surface area contributed by atoms with Crippen LogP contribution >= 0.6 is 0 Å². The fraction of sp³-hybridized carbons (Fsp3) is 1.00. The first-order chi connectivity index (χ1) is 13.2. The van der Waals surface area contributed by atoms with Gasteiger partial charge < -0.3 is 20.4 Å². The third kappa shape index (κ3) is 15.7. The van der Waals surface area contributed by atoms with Crippen molar-refractivity contribution in [1.82, 2.24) is 19.6 Å². The SMILES string of the molecule is C[C@H](O)CN1CCN(C[C@H](C)O)CCN(C[C@@H](C)O)CCN(C[C@H](C)O)CC1.[Eu+3]. The van der Waals surface area contributed by atoms with Crippen LogP contribution in [0, 0.1) is 49.4 Å². The molecular formula is C20H44EuN4O4+3. The van der Waals surface area contributed by atoms with E-state index >= 15 is 0 Å². The zero-order valence-electron chi connectivity index (χ0n) is 18.8. The maximum atomic E-state index is 9.86. The summed E-state index contributed by atoms with van der Waals surface area (Å²) in [6, 6.07) is 0. The van der Waals surface area contributed by atoms with Gasteiger partial charge in [0.25, 0.3) is 0 Å². The van der Waals surface area contributed by atoms with Gasteiger partial charge in [-0.25, -0.2) is 0 Å². The predicted octanol–water partition coefficient (Wildman–Crippen LogP) is -1.27. The van der Waals surface area contributed by atoms with Gasteiger partial charge in [0.15, 0.2) is 0 Å². The van der Waals surface area contributed by atoms with Gasteiger partial charge in [0, 0.05) is 78.5 Å². The van der Waals surface area contributed by atoms with E-state index in [-0.39, 0.29) is 73.8 Å². The first-order valence-electron chi connectivity index (χ1n) is 10.8. The molecule has 1 heterocycles. The molecule has 0 aliphatic carbocycles. The molecule has 29 heavy (non-hydrogen) atoms. The van der Waals surface area contributed by atoms with Gasteiger partial charge in [0.05, 0.1) is 24.4 Å². The van der Waals surface area contributed by atoms with Crippen LogP contribution in [0.15, 0.2) is 0 Å². The van der Waals surface area contributed by atoms with E-state index in [1.54, 1.807) is 0 Å². The Hall–Kier alpha value is 1.26. The number of aliphatic hydroxyl groups is 4. The number of aliphatic hydroxyl groups excluding tert-OH is 4. The number of nitrogens with zero attached hydrogens (tertiary/aromatic N) is 4. The molecule has 8 nitrogen and oxygen atoms in total. The summed E-state index contributed by atoms with van der Waals surface area (Å²) in [4.78, 5) is 9.07. The number of hydrogen-bond donors (Lipinski definition) is 4. The second kappa shape index (κ2) is 16.8. The van der Waals surface area contributed by atoms with Gasteiger partial charge in [-0.15, -0.1) is 0 Å². The Labute approximate surface area is 218 Å². The first kappa shape index (κ1) is 30.3. The van der Waals surface area contributed by atoms with Crippen molar-refractivity contribution < 1.29 is 69.8 Å². The van der Waals surface area contributed by atoms with Crippen molar-refractivity contribution in [1.29, 1.82) is 0 Å². The quantitative estimate of drug-likeness (QED) is 0.294. The number of hydrogen-bond acceptors (Lipinski definition) is 8. The summed E-state index contributed by atoms with van der Waals surface area (Å²) in [5.41, 5.74) is 0. The number of rotatable bonds is 8. The largest absolute Gasteiger partial charge is 3.00 e. The summed E-state index contributed by atoms with van der Waals surface area (Å²) in [7, 11) is 0. The van der Waals surface area contributed by atoms with Crippen molar-refractivity contribution >= 4 is 0 Å². The Balaban J connectivity index is 0.00000784. The molecule has 1 fully saturated rings. The van der Waals surface area contributed by atoms with Gasteiger partial charge in [-0.05, 0) is 27.7 Å². The van der Waals surface area contributed by atoms with Crippen LogP contribution in [0.2, 0.25) is 0 Å². The molecule has 0 bridgehead atoms. The minimum atomic E-state index is -0.384. The van der Waals surface area contributed by atoms with Gasteiger partial charge in [-0.3, -0.25) is 19.6 Å². The van der Waals surface area contributed by atoms with Crippen LogP contribution < -0.4 is 0 Å². The molecule has 0 amide bonds. The van der Waals surface area contributed by atoms with E-state index in [2.05, 4.69) is 19.6 Å². The second-order valence-corrected chi connectivity index (χ2v) is 8.60. The first-order valence-corrected chi connectivity index (χ1v) is 10.8. The van der Waals surface area contributed by atoms with Crippen LogP contribution in [0.25, 0.3) is 0 Å². The van der Waals surface area contributed by atoms with E-state index in [1.807, 2.05) is 27.7 Å². The summed E-state index contributed by atoms with van der Waals surface area (Å²) in [6.45, 7) is 16.4. The van der Waals surface area contributed by atoms with Crippen LogP contribution in [-0.4, -0.2) is 143 Å². The number of β-amino-alcohol motifs (C(OH)–C–C–N with tert-alkyl or cyclic N) is 4. The molecule has 0 aromatic heterocycles. The molecule has 1 saturated heterocycles. The summed E-state index contributed by atoms with van der Waals surface area (Å²) in [5, 5.41) is 39.4. The van der Waals surface area contributed by atoms with Gasteiger partial charge in [0.2, 0.25) is 0 Å².